The SMILES string of the molecule is CC(C)CNCCCC(C)OCCOC(C)(C)C. The first-order valence-corrected chi connectivity index (χ1v) is 7.27. The molecule has 3 nitrogen and oxygen atoms in total. The van der Waals surface area contributed by atoms with E-state index in [1.807, 2.05) is 0 Å². The third-order valence-corrected chi connectivity index (χ3v) is 2.54. The molecule has 0 radical (unpaired) electrons. The van der Waals surface area contributed by atoms with Gasteiger partial charge in [-0.05, 0) is 59.5 Å². The third kappa shape index (κ3) is 13.9. The van der Waals surface area contributed by atoms with Gasteiger partial charge in [0.2, 0.25) is 0 Å². The van der Waals surface area contributed by atoms with Gasteiger partial charge in [-0.3, -0.25) is 0 Å². The van der Waals surface area contributed by atoms with Gasteiger partial charge in [0, 0.05) is 0 Å². The number of hydrogen-bond acceptors (Lipinski definition) is 3. The largest absolute Gasteiger partial charge is 0.376 e. The first-order valence-electron chi connectivity index (χ1n) is 7.27. The molecule has 0 bridgehead atoms. The van der Waals surface area contributed by atoms with Crippen molar-refractivity contribution in [1.29, 1.82) is 0 Å². The van der Waals surface area contributed by atoms with Crippen LogP contribution in [0.15, 0.2) is 0 Å². The summed E-state index contributed by atoms with van der Waals surface area (Å²) >= 11 is 0. The van der Waals surface area contributed by atoms with Gasteiger partial charge in [0.05, 0.1) is 24.9 Å². The second-order valence-corrected chi connectivity index (χ2v) is 6.38. The molecule has 0 rings (SSSR count). The maximum Gasteiger partial charge on any atom is 0.0707 e. The summed E-state index contributed by atoms with van der Waals surface area (Å²) in [6, 6.07) is 0. The lowest BCUT2D eigenvalue weighted by Gasteiger charge is -2.20. The Morgan fingerprint density at radius 1 is 1.06 bits per heavy atom. The van der Waals surface area contributed by atoms with Crippen LogP contribution in [0, 0.1) is 5.92 Å². The summed E-state index contributed by atoms with van der Waals surface area (Å²) in [5.41, 5.74) is -0.0621. The van der Waals surface area contributed by atoms with E-state index < -0.39 is 0 Å². The highest BCUT2D eigenvalue weighted by atomic mass is 16.5. The third-order valence-electron chi connectivity index (χ3n) is 2.54. The van der Waals surface area contributed by atoms with Gasteiger partial charge in [-0.2, -0.15) is 0 Å². The van der Waals surface area contributed by atoms with Gasteiger partial charge >= 0.3 is 0 Å². The Labute approximate surface area is 114 Å². The average Bonchev–Trinajstić information content (AvgIpc) is 2.22. The molecule has 110 valence electrons. The van der Waals surface area contributed by atoms with Crippen molar-refractivity contribution in [1.82, 2.24) is 5.32 Å². The van der Waals surface area contributed by atoms with E-state index in [1.165, 1.54) is 6.42 Å². The highest BCUT2D eigenvalue weighted by Gasteiger charge is 2.09. The summed E-state index contributed by atoms with van der Waals surface area (Å²) in [7, 11) is 0. The molecule has 0 aromatic rings. The maximum absolute atomic E-state index is 5.71. The van der Waals surface area contributed by atoms with Gasteiger partial charge in [-0.1, -0.05) is 13.8 Å². The van der Waals surface area contributed by atoms with Crippen LogP contribution < -0.4 is 5.32 Å². The molecule has 0 aromatic heterocycles. The standard InChI is InChI=1S/C15H33NO2/c1-13(2)12-16-9-7-8-14(3)17-10-11-18-15(4,5)6/h13-14,16H,7-12H2,1-6H3. The first kappa shape index (κ1) is 17.9. The van der Waals surface area contributed by atoms with Gasteiger partial charge in [-0.25, -0.2) is 0 Å². The molecule has 1 unspecified atom stereocenters. The molecule has 0 amide bonds. The molecular formula is C15H33NO2. The molecule has 0 heterocycles. The fourth-order valence-corrected chi connectivity index (χ4v) is 1.59. The predicted molar refractivity (Wildman–Crippen MR) is 78.1 cm³/mol. The van der Waals surface area contributed by atoms with Crippen LogP contribution in [0.4, 0.5) is 0 Å². The smallest absolute Gasteiger partial charge is 0.0707 e. The zero-order chi connectivity index (χ0) is 14.0. The Bertz CT molecular complexity index is 187. The van der Waals surface area contributed by atoms with Crippen LogP contribution in [0.2, 0.25) is 0 Å². The minimum atomic E-state index is -0.0621. The van der Waals surface area contributed by atoms with Crippen LogP contribution in [0.1, 0.15) is 54.4 Å². The topological polar surface area (TPSA) is 30.5 Å². The van der Waals surface area contributed by atoms with Crippen LogP contribution in [-0.2, 0) is 9.47 Å². The quantitative estimate of drug-likeness (QED) is 0.611. The highest BCUT2D eigenvalue weighted by molar-refractivity contribution is 4.59. The van der Waals surface area contributed by atoms with E-state index in [4.69, 9.17) is 9.47 Å². The number of ether oxygens (including phenoxy) is 2. The van der Waals surface area contributed by atoms with E-state index in [2.05, 4.69) is 46.9 Å². The van der Waals surface area contributed by atoms with Crippen molar-refractivity contribution >= 4 is 0 Å². The van der Waals surface area contributed by atoms with Crippen LogP contribution in [0.5, 0.6) is 0 Å². The fraction of sp³-hybridized carbons (Fsp3) is 1.00. The number of hydrogen-bond donors (Lipinski definition) is 1. The van der Waals surface area contributed by atoms with Crippen LogP contribution in [0.3, 0.4) is 0 Å². The van der Waals surface area contributed by atoms with Crippen molar-refractivity contribution in [3.63, 3.8) is 0 Å². The van der Waals surface area contributed by atoms with Crippen molar-refractivity contribution in [3.05, 3.63) is 0 Å². The molecule has 3 heteroatoms. The van der Waals surface area contributed by atoms with Crippen molar-refractivity contribution < 1.29 is 9.47 Å². The lowest BCUT2D eigenvalue weighted by molar-refractivity contribution is -0.0497. The summed E-state index contributed by atoms with van der Waals surface area (Å²) in [5, 5.41) is 3.45. The molecule has 0 aliphatic rings. The molecule has 0 aromatic carbocycles. The second-order valence-electron chi connectivity index (χ2n) is 6.38. The van der Waals surface area contributed by atoms with E-state index in [0.717, 1.165) is 25.4 Å². The average molecular weight is 259 g/mol. The summed E-state index contributed by atoms with van der Waals surface area (Å²) in [5.74, 6) is 0.730. The minimum Gasteiger partial charge on any atom is -0.376 e. The minimum absolute atomic E-state index is 0.0621. The Morgan fingerprint density at radius 2 is 1.72 bits per heavy atom. The fourth-order valence-electron chi connectivity index (χ4n) is 1.59. The molecule has 0 spiro atoms. The second kappa shape index (κ2) is 9.76. The lowest BCUT2D eigenvalue weighted by atomic mass is 10.2. The van der Waals surface area contributed by atoms with Crippen molar-refractivity contribution in [2.75, 3.05) is 26.3 Å². The molecule has 0 aliphatic heterocycles. The molecule has 1 atom stereocenters. The number of rotatable bonds is 10. The van der Waals surface area contributed by atoms with Crippen molar-refractivity contribution in [2.45, 2.75) is 66.1 Å². The number of nitrogens with one attached hydrogen (secondary N) is 1. The summed E-state index contributed by atoms with van der Waals surface area (Å²) < 4.78 is 11.3. The Kier molecular flexibility index (Phi) is 9.70. The van der Waals surface area contributed by atoms with Crippen LogP contribution in [-0.4, -0.2) is 38.0 Å². The summed E-state index contributed by atoms with van der Waals surface area (Å²) in [4.78, 5) is 0. The van der Waals surface area contributed by atoms with Gasteiger partial charge in [-0.15, -0.1) is 0 Å². The molecular weight excluding hydrogens is 226 g/mol. The van der Waals surface area contributed by atoms with Crippen molar-refractivity contribution in [3.8, 4) is 0 Å². The first-order chi connectivity index (χ1) is 8.31. The van der Waals surface area contributed by atoms with Gasteiger partial charge in [0.25, 0.3) is 0 Å². The lowest BCUT2D eigenvalue weighted by Crippen LogP contribution is -2.24. The van der Waals surface area contributed by atoms with E-state index in [-0.39, 0.29) is 5.60 Å². The summed E-state index contributed by atoms with van der Waals surface area (Å²) in [6.07, 6.45) is 2.61. The predicted octanol–water partition coefficient (Wildman–Crippen LogP) is 3.23. The molecule has 0 fully saturated rings. The van der Waals surface area contributed by atoms with Crippen LogP contribution in [0.25, 0.3) is 0 Å². The highest BCUT2D eigenvalue weighted by Crippen LogP contribution is 2.07. The Morgan fingerprint density at radius 3 is 2.28 bits per heavy atom. The normalized spacial score (nSPS) is 14.2. The van der Waals surface area contributed by atoms with Gasteiger partial charge < -0.3 is 14.8 Å². The van der Waals surface area contributed by atoms with E-state index >= 15 is 0 Å². The molecule has 18 heavy (non-hydrogen) atoms. The van der Waals surface area contributed by atoms with Crippen molar-refractivity contribution in [2.24, 2.45) is 5.92 Å². The van der Waals surface area contributed by atoms with Crippen LogP contribution >= 0.6 is 0 Å². The van der Waals surface area contributed by atoms with Gasteiger partial charge in [0.1, 0.15) is 0 Å². The Balaban J connectivity index is 3.30. The zero-order valence-corrected chi connectivity index (χ0v) is 13.2. The monoisotopic (exact) mass is 259 g/mol. The molecule has 0 saturated heterocycles. The molecule has 0 aliphatic carbocycles. The summed E-state index contributed by atoms with van der Waals surface area (Å²) in [6.45, 7) is 16.4. The van der Waals surface area contributed by atoms with E-state index in [9.17, 15) is 0 Å². The van der Waals surface area contributed by atoms with E-state index in [0.29, 0.717) is 19.3 Å². The molecule has 1 N–H and O–H groups in total. The maximum atomic E-state index is 5.71. The zero-order valence-electron chi connectivity index (χ0n) is 13.2. The van der Waals surface area contributed by atoms with E-state index in [1.54, 1.807) is 0 Å². The molecule has 0 saturated carbocycles. The Hall–Kier alpha value is -0.120. The van der Waals surface area contributed by atoms with Gasteiger partial charge in [0.15, 0.2) is 0 Å².